The largest absolute Gasteiger partial charge is 0.379 e. The quantitative estimate of drug-likeness (QED) is 0.625. The molecule has 6 nitrogen and oxygen atoms in total. The fourth-order valence-electron chi connectivity index (χ4n) is 3.10. The highest BCUT2D eigenvalue weighted by molar-refractivity contribution is 5.61. The average molecular weight is 370 g/mol. The number of rotatable bonds is 10. The van der Waals surface area contributed by atoms with Crippen LogP contribution >= 0.6 is 0 Å². The van der Waals surface area contributed by atoms with Crippen LogP contribution in [0.25, 0.3) is 11.4 Å². The van der Waals surface area contributed by atoms with Gasteiger partial charge in [-0.2, -0.15) is 0 Å². The third-order valence-corrected chi connectivity index (χ3v) is 4.68. The molecule has 0 unspecified atom stereocenters. The first kappa shape index (κ1) is 19.6. The fraction of sp³-hybridized carbons (Fsp3) is 0.524. The Labute approximate surface area is 162 Å². The zero-order chi connectivity index (χ0) is 18.7. The summed E-state index contributed by atoms with van der Waals surface area (Å²) >= 11 is 0. The summed E-state index contributed by atoms with van der Waals surface area (Å²) in [6.45, 7) is 8.68. The molecule has 1 saturated heterocycles. The Kier molecular flexibility index (Phi) is 7.86. The Balaban J connectivity index is 1.65. The second-order valence-corrected chi connectivity index (χ2v) is 6.84. The van der Waals surface area contributed by atoms with Gasteiger partial charge in [0, 0.05) is 44.4 Å². The molecule has 0 radical (unpaired) electrons. The smallest absolute Gasteiger partial charge is 0.163 e. The summed E-state index contributed by atoms with van der Waals surface area (Å²) < 4.78 is 5.41. The first-order valence-corrected chi connectivity index (χ1v) is 10.1. The molecule has 0 amide bonds. The maximum atomic E-state index is 5.41. The molecule has 1 aromatic carbocycles. The van der Waals surface area contributed by atoms with Crippen molar-refractivity contribution in [2.45, 2.75) is 26.2 Å². The van der Waals surface area contributed by atoms with Crippen molar-refractivity contribution in [3.63, 3.8) is 0 Å². The lowest BCUT2D eigenvalue weighted by molar-refractivity contribution is 0.0398. The molecular weight excluding hydrogens is 338 g/mol. The number of morpholine rings is 1. The molecule has 3 rings (SSSR count). The number of aromatic nitrogens is 2. The Bertz CT molecular complexity index is 674. The summed E-state index contributed by atoms with van der Waals surface area (Å²) in [5.41, 5.74) is 1.03. The molecule has 0 bridgehead atoms. The molecule has 2 aromatic rings. The number of nitrogens with one attached hydrogen (secondary N) is 2. The van der Waals surface area contributed by atoms with Gasteiger partial charge < -0.3 is 15.4 Å². The van der Waals surface area contributed by atoms with Crippen LogP contribution < -0.4 is 10.6 Å². The van der Waals surface area contributed by atoms with E-state index in [1.807, 2.05) is 36.4 Å². The normalized spacial score (nSPS) is 14.9. The third-order valence-electron chi connectivity index (χ3n) is 4.68. The van der Waals surface area contributed by atoms with Crippen LogP contribution in [0.5, 0.6) is 0 Å². The minimum Gasteiger partial charge on any atom is -0.379 e. The van der Waals surface area contributed by atoms with E-state index < -0.39 is 0 Å². The van der Waals surface area contributed by atoms with Crippen molar-refractivity contribution < 1.29 is 4.74 Å². The van der Waals surface area contributed by atoms with E-state index in [0.29, 0.717) is 0 Å². The third kappa shape index (κ3) is 6.48. The predicted octanol–water partition coefficient (Wildman–Crippen LogP) is 3.49. The van der Waals surface area contributed by atoms with Gasteiger partial charge in [-0.3, -0.25) is 4.90 Å². The molecule has 1 aromatic heterocycles. The Morgan fingerprint density at radius 3 is 2.37 bits per heavy atom. The van der Waals surface area contributed by atoms with Gasteiger partial charge in [0.25, 0.3) is 0 Å². The van der Waals surface area contributed by atoms with Gasteiger partial charge in [0.1, 0.15) is 11.6 Å². The molecule has 27 heavy (non-hydrogen) atoms. The van der Waals surface area contributed by atoms with Crippen LogP contribution in [0.3, 0.4) is 0 Å². The van der Waals surface area contributed by atoms with Gasteiger partial charge in [0.15, 0.2) is 5.82 Å². The van der Waals surface area contributed by atoms with Gasteiger partial charge in [-0.25, -0.2) is 9.97 Å². The lowest BCUT2D eigenvalue weighted by Crippen LogP contribution is -2.39. The number of hydrogen-bond acceptors (Lipinski definition) is 6. The molecule has 1 aliphatic rings. The van der Waals surface area contributed by atoms with Crippen molar-refractivity contribution in [2.24, 2.45) is 0 Å². The van der Waals surface area contributed by atoms with Crippen molar-refractivity contribution in [1.82, 2.24) is 14.9 Å². The predicted molar refractivity (Wildman–Crippen MR) is 111 cm³/mol. The van der Waals surface area contributed by atoms with E-state index in [2.05, 4.69) is 22.5 Å². The SMILES string of the molecule is CCCCCNc1cc(NCCN2CCOCC2)nc(-c2ccccc2)n1. The van der Waals surface area contributed by atoms with E-state index in [-0.39, 0.29) is 0 Å². The maximum absolute atomic E-state index is 5.41. The van der Waals surface area contributed by atoms with Crippen LogP contribution in [0.15, 0.2) is 36.4 Å². The summed E-state index contributed by atoms with van der Waals surface area (Å²) in [4.78, 5) is 11.9. The van der Waals surface area contributed by atoms with E-state index in [9.17, 15) is 0 Å². The Hall–Kier alpha value is -2.18. The van der Waals surface area contributed by atoms with Crippen LogP contribution in [-0.2, 0) is 4.74 Å². The first-order valence-electron chi connectivity index (χ1n) is 10.1. The molecule has 1 aliphatic heterocycles. The molecule has 0 spiro atoms. The molecule has 0 aliphatic carbocycles. The zero-order valence-corrected chi connectivity index (χ0v) is 16.3. The van der Waals surface area contributed by atoms with Gasteiger partial charge in [-0.1, -0.05) is 50.1 Å². The number of nitrogens with zero attached hydrogens (tertiary/aromatic N) is 3. The van der Waals surface area contributed by atoms with Crippen molar-refractivity contribution in [1.29, 1.82) is 0 Å². The van der Waals surface area contributed by atoms with Crippen molar-refractivity contribution in [3.8, 4) is 11.4 Å². The minimum atomic E-state index is 0.755. The van der Waals surface area contributed by atoms with E-state index in [1.165, 1.54) is 12.8 Å². The summed E-state index contributed by atoms with van der Waals surface area (Å²) in [6.07, 6.45) is 3.60. The molecule has 6 heteroatoms. The van der Waals surface area contributed by atoms with E-state index in [1.54, 1.807) is 0 Å². The minimum absolute atomic E-state index is 0.755. The number of benzene rings is 1. The van der Waals surface area contributed by atoms with Crippen LogP contribution in [-0.4, -0.2) is 60.8 Å². The number of anilines is 2. The standard InChI is InChI=1S/C21H31N5O/c1-2-3-7-10-22-19-17-20(23-11-12-26-13-15-27-16-14-26)25-21(24-19)18-8-5-4-6-9-18/h4-6,8-9,17H,2-3,7,10-16H2,1H3,(H2,22,23,24,25). The fourth-order valence-corrected chi connectivity index (χ4v) is 3.10. The van der Waals surface area contributed by atoms with Crippen LogP contribution in [0.4, 0.5) is 11.6 Å². The highest BCUT2D eigenvalue weighted by Crippen LogP contribution is 2.20. The topological polar surface area (TPSA) is 62.3 Å². The van der Waals surface area contributed by atoms with Crippen LogP contribution in [0.2, 0.25) is 0 Å². The van der Waals surface area contributed by atoms with Crippen molar-refractivity contribution in [2.75, 3.05) is 56.6 Å². The van der Waals surface area contributed by atoms with Crippen LogP contribution in [0.1, 0.15) is 26.2 Å². The van der Waals surface area contributed by atoms with Gasteiger partial charge in [-0.05, 0) is 6.42 Å². The molecule has 146 valence electrons. The van der Waals surface area contributed by atoms with Gasteiger partial charge in [0.2, 0.25) is 0 Å². The molecule has 0 saturated carbocycles. The molecule has 2 N–H and O–H groups in total. The van der Waals surface area contributed by atoms with Gasteiger partial charge in [-0.15, -0.1) is 0 Å². The molecule has 0 atom stereocenters. The van der Waals surface area contributed by atoms with Gasteiger partial charge >= 0.3 is 0 Å². The lowest BCUT2D eigenvalue weighted by atomic mass is 10.2. The Morgan fingerprint density at radius 1 is 0.963 bits per heavy atom. The van der Waals surface area contributed by atoms with Crippen molar-refractivity contribution in [3.05, 3.63) is 36.4 Å². The zero-order valence-electron chi connectivity index (χ0n) is 16.3. The molecule has 1 fully saturated rings. The Morgan fingerprint density at radius 2 is 1.67 bits per heavy atom. The van der Waals surface area contributed by atoms with Crippen molar-refractivity contribution >= 4 is 11.6 Å². The second kappa shape index (κ2) is 10.8. The lowest BCUT2D eigenvalue weighted by Gasteiger charge is -2.26. The maximum Gasteiger partial charge on any atom is 0.163 e. The van der Waals surface area contributed by atoms with E-state index in [0.717, 1.165) is 75.4 Å². The van der Waals surface area contributed by atoms with E-state index in [4.69, 9.17) is 14.7 Å². The monoisotopic (exact) mass is 369 g/mol. The second-order valence-electron chi connectivity index (χ2n) is 6.84. The highest BCUT2D eigenvalue weighted by atomic mass is 16.5. The summed E-state index contributed by atoms with van der Waals surface area (Å²) in [7, 11) is 0. The molecular formula is C21H31N5O. The molecule has 2 heterocycles. The van der Waals surface area contributed by atoms with Gasteiger partial charge in [0.05, 0.1) is 13.2 Å². The number of hydrogen-bond donors (Lipinski definition) is 2. The summed E-state index contributed by atoms with van der Waals surface area (Å²) in [5, 5.41) is 6.92. The summed E-state index contributed by atoms with van der Waals surface area (Å²) in [5.74, 6) is 2.51. The summed E-state index contributed by atoms with van der Waals surface area (Å²) in [6, 6.07) is 12.2. The first-order chi connectivity index (χ1) is 13.3. The van der Waals surface area contributed by atoms with E-state index >= 15 is 0 Å². The number of unbranched alkanes of at least 4 members (excludes halogenated alkanes) is 2. The number of ether oxygens (including phenoxy) is 1. The average Bonchev–Trinajstić information content (AvgIpc) is 2.73. The van der Waals surface area contributed by atoms with Crippen LogP contribution in [0, 0.1) is 0 Å². The highest BCUT2D eigenvalue weighted by Gasteiger charge is 2.10.